The first-order valence-corrected chi connectivity index (χ1v) is 13.4. The fourth-order valence-corrected chi connectivity index (χ4v) is 5.25. The first-order chi connectivity index (χ1) is 19.1. The first kappa shape index (κ1) is 28.0. The Bertz CT molecular complexity index is 1600. The molecule has 2 heterocycles. The molecular weight excluding hydrogens is 540 g/mol. The van der Waals surface area contributed by atoms with Gasteiger partial charge in [-0.2, -0.15) is 0 Å². The second kappa shape index (κ2) is 11.8. The number of nitrogens with one attached hydrogen (secondary N) is 2. The van der Waals surface area contributed by atoms with Gasteiger partial charge >= 0.3 is 11.9 Å². The molecule has 0 atom stereocenters. The highest BCUT2D eigenvalue weighted by atomic mass is 32.2. The van der Waals surface area contributed by atoms with E-state index >= 15 is 0 Å². The van der Waals surface area contributed by atoms with Crippen LogP contribution in [0.4, 0.5) is 11.5 Å². The fourth-order valence-electron chi connectivity index (χ4n) is 3.86. The van der Waals surface area contributed by atoms with E-state index in [1.54, 1.807) is 18.2 Å². The van der Waals surface area contributed by atoms with Gasteiger partial charge < -0.3 is 20.5 Å². The molecule has 0 saturated carbocycles. The molecular formula is C27H24N4O8S. The summed E-state index contributed by atoms with van der Waals surface area (Å²) in [6.45, 7) is 0. The number of esters is 1. The number of carboxylic acids is 1. The maximum absolute atomic E-state index is 13.2. The van der Waals surface area contributed by atoms with E-state index in [2.05, 4.69) is 15.6 Å². The van der Waals surface area contributed by atoms with Crippen molar-refractivity contribution in [3.63, 3.8) is 0 Å². The standard InChI is InChI=1S/C27H24N4O8S/c1-31-24(26(34)30-21-9-4-5-16-28-21)25(19-7-2-3-8-20(19)40(31,37)38)39-23(33)11-6-10-22(32)29-18-14-12-17(13-15-18)27(35)36/h2-5,7-9,12-16H,6,10-11H2,1H3,(H,29,32)(H,35,36)(H,28,30,34). The third kappa shape index (κ3) is 6.15. The van der Waals surface area contributed by atoms with Gasteiger partial charge in [0.15, 0.2) is 11.5 Å². The monoisotopic (exact) mass is 564 g/mol. The van der Waals surface area contributed by atoms with Gasteiger partial charge in [0.05, 0.1) is 10.5 Å². The molecule has 3 N–H and O–H groups in total. The van der Waals surface area contributed by atoms with E-state index in [4.69, 9.17) is 9.84 Å². The summed E-state index contributed by atoms with van der Waals surface area (Å²) >= 11 is 0. The van der Waals surface area contributed by atoms with Crippen LogP contribution in [-0.2, 0) is 29.1 Å². The number of ether oxygens (including phenoxy) is 1. The van der Waals surface area contributed by atoms with Crippen LogP contribution in [-0.4, -0.2) is 53.6 Å². The van der Waals surface area contributed by atoms with Crippen LogP contribution in [0.15, 0.2) is 83.5 Å². The molecule has 4 rings (SSSR count). The van der Waals surface area contributed by atoms with Crippen LogP contribution in [0.1, 0.15) is 35.2 Å². The minimum absolute atomic E-state index is 0.0441. The molecule has 0 unspecified atom stereocenters. The van der Waals surface area contributed by atoms with Gasteiger partial charge in [0.2, 0.25) is 5.91 Å². The summed E-state index contributed by atoms with van der Waals surface area (Å²) in [4.78, 5) is 53.1. The van der Waals surface area contributed by atoms with Crippen molar-refractivity contribution in [3.8, 4) is 0 Å². The Balaban J connectivity index is 1.49. The van der Waals surface area contributed by atoms with Crippen LogP contribution in [0.3, 0.4) is 0 Å². The van der Waals surface area contributed by atoms with E-state index in [-0.39, 0.29) is 46.9 Å². The van der Waals surface area contributed by atoms with Gasteiger partial charge in [-0.05, 0) is 55.0 Å². The lowest BCUT2D eigenvalue weighted by molar-refractivity contribution is -0.137. The Labute approximate surface area is 229 Å². The summed E-state index contributed by atoms with van der Waals surface area (Å²) in [6.07, 6.45) is 1.29. The largest absolute Gasteiger partial charge is 0.478 e. The summed E-state index contributed by atoms with van der Waals surface area (Å²) in [5.74, 6) is -3.20. The molecule has 1 aliphatic rings. The Morgan fingerprint density at radius 2 is 1.62 bits per heavy atom. The number of carbonyl (C=O) groups excluding carboxylic acids is 3. The van der Waals surface area contributed by atoms with Crippen LogP contribution in [0.25, 0.3) is 5.76 Å². The Morgan fingerprint density at radius 1 is 0.925 bits per heavy atom. The molecule has 0 bridgehead atoms. The van der Waals surface area contributed by atoms with E-state index < -0.39 is 39.5 Å². The maximum Gasteiger partial charge on any atom is 0.335 e. The lowest BCUT2D eigenvalue weighted by Gasteiger charge is -2.30. The molecule has 0 aliphatic carbocycles. The number of hydrogen-bond acceptors (Lipinski definition) is 8. The fraction of sp³-hybridized carbons (Fsp3) is 0.148. The summed E-state index contributed by atoms with van der Waals surface area (Å²) in [6, 6.07) is 16.2. The van der Waals surface area contributed by atoms with Crippen LogP contribution < -0.4 is 10.6 Å². The van der Waals surface area contributed by atoms with Gasteiger partial charge in [-0.3, -0.25) is 18.7 Å². The molecule has 0 saturated heterocycles. The number of rotatable bonds is 9. The lowest BCUT2D eigenvalue weighted by atomic mass is 10.1. The van der Waals surface area contributed by atoms with Gasteiger partial charge in [-0.15, -0.1) is 0 Å². The summed E-state index contributed by atoms with van der Waals surface area (Å²) < 4.78 is 32.6. The van der Waals surface area contributed by atoms with E-state index in [0.29, 0.717) is 5.69 Å². The normalized spacial score (nSPS) is 13.7. The quantitative estimate of drug-likeness (QED) is 0.330. The van der Waals surface area contributed by atoms with E-state index in [1.165, 1.54) is 61.8 Å². The number of aromatic carboxylic acids is 1. The highest BCUT2D eigenvalue weighted by molar-refractivity contribution is 7.89. The van der Waals surface area contributed by atoms with E-state index in [1.807, 2.05) is 0 Å². The zero-order valence-corrected chi connectivity index (χ0v) is 22.0. The van der Waals surface area contributed by atoms with Crippen molar-refractivity contribution in [1.29, 1.82) is 0 Å². The second-order valence-corrected chi connectivity index (χ2v) is 10.5. The van der Waals surface area contributed by atoms with Gasteiger partial charge in [0, 0.05) is 37.3 Å². The number of benzene rings is 2. The molecule has 1 aliphatic heterocycles. The number of pyridine rings is 1. The van der Waals surface area contributed by atoms with Crippen molar-refractivity contribution in [2.24, 2.45) is 0 Å². The van der Waals surface area contributed by atoms with Crippen molar-refractivity contribution >= 4 is 51.0 Å². The average molecular weight is 565 g/mol. The highest BCUT2D eigenvalue weighted by Crippen LogP contribution is 2.37. The summed E-state index contributed by atoms with van der Waals surface area (Å²) in [5.41, 5.74) is 0.114. The number of nitrogens with zero attached hydrogens (tertiary/aromatic N) is 2. The molecule has 3 aromatic rings. The predicted molar refractivity (Wildman–Crippen MR) is 143 cm³/mol. The van der Waals surface area contributed by atoms with Crippen molar-refractivity contribution in [1.82, 2.24) is 9.29 Å². The van der Waals surface area contributed by atoms with Crippen molar-refractivity contribution in [2.45, 2.75) is 24.2 Å². The molecule has 2 aromatic carbocycles. The molecule has 40 heavy (non-hydrogen) atoms. The number of likely N-dealkylation sites (N-methyl/N-ethyl adjacent to an activating group) is 1. The molecule has 2 amide bonds. The van der Waals surface area contributed by atoms with Crippen molar-refractivity contribution < 1.29 is 37.4 Å². The highest BCUT2D eigenvalue weighted by Gasteiger charge is 2.39. The molecule has 0 fully saturated rings. The number of carbonyl (C=O) groups is 4. The first-order valence-electron chi connectivity index (χ1n) is 12.0. The molecule has 13 heteroatoms. The summed E-state index contributed by atoms with van der Waals surface area (Å²) in [5, 5.41) is 14.1. The van der Waals surface area contributed by atoms with Gasteiger partial charge in [0.1, 0.15) is 5.82 Å². The third-order valence-electron chi connectivity index (χ3n) is 5.84. The van der Waals surface area contributed by atoms with Crippen LogP contribution >= 0.6 is 0 Å². The average Bonchev–Trinajstić information content (AvgIpc) is 2.93. The molecule has 0 radical (unpaired) electrons. The van der Waals surface area contributed by atoms with E-state index in [9.17, 15) is 27.6 Å². The maximum atomic E-state index is 13.2. The number of sulfonamides is 1. The van der Waals surface area contributed by atoms with Gasteiger partial charge in [0.25, 0.3) is 15.9 Å². The Hall–Kier alpha value is -5.04. The minimum atomic E-state index is -4.12. The number of anilines is 2. The number of amides is 2. The third-order valence-corrected chi connectivity index (χ3v) is 7.65. The minimum Gasteiger partial charge on any atom is -0.478 e. The zero-order valence-electron chi connectivity index (χ0n) is 21.2. The number of carboxylic acid groups (broad SMARTS) is 1. The number of fused-ring (bicyclic) bond motifs is 1. The molecule has 0 spiro atoms. The topological polar surface area (TPSA) is 172 Å². The van der Waals surface area contributed by atoms with Crippen LogP contribution in [0.5, 0.6) is 0 Å². The number of hydrogen-bond donors (Lipinski definition) is 3. The number of aromatic nitrogens is 1. The lowest BCUT2D eigenvalue weighted by Crippen LogP contribution is -2.38. The predicted octanol–water partition coefficient (Wildman–Crippen LogP) is 3.07. The van der Waals surface area contributed by atoms with Crippen LogP contribution in [0, 0.1) is 0 Å². The Morgan fingerprint density at radius 3 is 2.30 bits per heavy atom. The molecule has 206 valence electrons. The van der Waals surface area contributed by atoms with E-state index in [0.717, 1.165) is 4.31 Å². The van der Waals surface area contributed by atoms with Crippen LogP contribution in [0.2, 0.25) is 0 Å². The van der Waals surface area contributed by atoms with Gasteiger partial charge in [-0.25, -0.2) is 18.2 Å². The summed E-state index contributed by atoms with van der Waals surface area (Å²) in [7, 11) is -2.94. The van der Waals surface area contributed by atoms with Crippen molar-refractivity contribution in [2.75, 3.05) is 17.7 Å². The molecule has 1 aromatic heterocycles. The van der Waals surface area contributed by atoms with Gasteiger partial charge in [-0.1, -0.05) is 18.2 Å². The SMILES string of the molecule is CN1C(C(=O)Nc2ccccn2)=C(OC(=O)CCCC(=O)Nc2ccc(C(=O)O)cc2)c2ccccc2S1(=O)=O. The second-order valence-electron chi connectivity index (χ2n) is 8.57. The smallest absolute Gasteiger partial charge is 0.335 e. The zero-order chi connectivity index (χ0) is 28.9. The van der Waals surface area contributed by atoms with Crippen molar-refractivity contribution in [3.05, 3.63) is 89.8 Å². The molecule has 12 nitrogen and oxygen atoms in total. The Kier molecular flexibility index (Phi) is 8.24.